The van der Waals surface area contributed by atoms with Crippen molar-refractivity contribution in [3.63, 3.8) is 0 Å². The molecular weight excluding hydrogens is 262 g/mol. The van der Waals surface area contributed by atoms with Crippen molar-refractivity contribution in [2.75, 3.05) is 36.7 Å². The van der Waals surface area contributed by atoms with Crippen LogP contribution in [0.1, 0.15) is 15.9 Å². The lowest BCUT2D eigenvalue weighted by molar-refractivity contribution is 0.102. The molecule has 0 atom stereocenters. The fourth-order valence-corrected chi connectivity index (χ4v) is 2.12. The topological polar surface area (TPSA) is 44.4 Å². The van der Waals surface area contributed by atoms with E-state index in [4.69, 9.17) is 0 Å². The monoisotopic (exact) mass is 283 g/mol. The molecule has 2 aromatic rings. The summed E-state index contributed by atoms with van der Waals surface area (Å²) in [5.41, 5.74) is 4.53. The molecule has 0 aliphatic carbocycles. The maximum absolute atomic E-state index is 12.3. The van der Waals surface area contributed by atoms with Crippen molar-refractivity contribution in [3.05, 3.63) is 53.6 Å². The average molecular weight is 283 g/mol. The molecular formula is C17H21N3O. The van der Waals surface area contributed by atoms with E-state index in [0.717, 1.165) is 22.6 Å². The molecule has 0 unspecified atom stereocenters. The summed E-state index contributed by atoms with van der Waals surface area (Å²) in [7, 11) is 5.83. The molecule has 4 heteroatoms. The van der Waals surface area contributed by atoms with Crippen molar-refractivity contribution < 1.29 is 4.79 Å². The highest BCUT2D eigenvalue weighted by molar-refractivity contribution is 6.05. The van der Waals surface area contributed by atoms with Gasteiger partial charge in [-0.25, -0.2) is 0 Å². The Morgan fingerprint density at radius 1 is 1.00 bits per heavy atom. The van der Waals surface area contributed by atoms with Gasteiger partial charge in [-0.05, 0) is 55.0 Å². The van der Waals surface area contributed by atoms with Gasteiger partial charge in [0.2, 0.25) is 0 Å². The van der Waals surface area contributed by atoms with E-state index in [9.17, 15) is 4.79 Å². The summed E-state index contributed by atoms with van der Waals surface area (Å²) in [6.45, 7) is 1.94. The van der Waals surface area contributed by atoms with Gasteiger partial charge in [0.1, 0.15) is 0 Å². The van der Waals surface area contributed by atoms with Crippen molar-refractivity contribution in [2.45, 2.75) is 6.92 Å². The number of rotatable bonds is 4. The van der Waals surface area contributed by atoms with E-state index >= 15 is 0 Å². The Balaban J connectivity index is 2.14. The minimum Gasteiger partial charge on any atom is -0.388 e. The molecule has 0 radical (unpaired) electrons. The molecule has 2 rings (SSSR count). The summed E-state index contributed by atoms with van der Waals surface area (Å²) >= 11 is 0. The van der Waals surface area contributed by atoms with Gasteiger partial charge < -0.3 is 15.5 Å². The van der Waals surface area contributed by atoms with Gasteiger partial charge in [-0.15, -0.1) is 0 Å². The molecule has 0 aliphatic heterocycles. The number of amides is 1. The smallest absolute Gasteiger partial charge is 0.255 e. The second-order valence-electron chi connectivity index (χ2n) is 5.18. The number of carbonyl (C=O) groups excluding carboxylic acids is 1. The molecule has 2 aromatic carbocycles. The van der Waals surface area contributed by atoms with Gasteiger partial charge in [0.05, 0.1) is 0 Å². The fourth-order valence-electron chi connectivity index (χ4n) is 2.12. The van der Waals surface area contributed by atoms with Gasteiger partial charge in [-0.3, -0.25) is 4.79 Å². The lowest BCUT2D eigenvalue weighted by atomic mass is 10.1. The molecule has 4 nitrogen and oxygen atoms in total. The Kier molecular flexibility index (Phi) is 4.48. The SMILES string of the molecule is CNc1ccc(C(=O)Nc2ccc(N(C)C)cc2)c(C)c1. The summed E-state index contributed by atoms with van der Waals surface area (Å²) < 4.78 is 0. The van der Waals surface area contributed by atoms with E-state index in [1.54, 1.807) is 0 Å². The second-order valence-corrected chi connectivity index (χ2v) is 5.18. The normalized spacial score (nSPS) is 10.1. The van der Waals surface area contributed by atoms with Crippen LogP contribution in [0.2, 0.25) is 0 Å². The molecule has 0 saturated heterocycles. The number of hydrogen-bond acceptors (Lipinski definition) is 3. The first kappa shape index (κ1) is 14.9. The predicted octanol–water partition coefficient (Wildman–Crippen LogP) is 3.36. The highest BCUT2D eigenvalue weighted by Crippen LogP contribution is 2.19. The van der Waals surface area contributed by atoms with Crippen molar-refractivity contribution in [1.29, 1.82) is 0 Å². The van der Waals surface area contributed by atoms with Crippen LogP contribution in [0.4, 0.5) is 17.1 Å². The first-order chi connectivity index (χ1) is 10.0. The van der Waals surface area contributed by atoms with Crippen LogP contribution < -0.4 is 15.5 Å². The third-order valence-electron chi connectivity index (χ3n) is 3.40. The summed E-state index contributed by atoms with van der Waals surface area (Å²) in [5, 5.41) is 5.99. The van der Waals surface area contributed by atoms with E-state index in [1.165, 1.54) is 0 Å². The maximum Gasteiger partial charge on any atom is 0.255 e. The highest BCUT2D eigenvalue weighted by atomic mass is 16.1. The van der Waals surface area contributed by atoms with Gasteiger partial charge in [-0.1, -0.05) is 0 Å². The Hall–Kier alpha value is -2.49. The first-order valence-corrected chi connectivity index (χ1v) is 6.88. The molecule has 1 amide bonds. The van der Waals surface area contributed by atoms with Crippen molar-refractivity contribution in [3.8, 4) is 0 Å². The second kappa shape index (κ2) is 6.31. The third-order valence-corrected chi connectivity index (χ3v) is 3.40. The third kappa shape index (κ3) is 3.54. The zero-order chi connectivity index (χ0) is 15.4. The van der Waals surface area contributed by atoms with Gasteiger partial charge >= 0.3 is 0 Å². The van der Waals surface area contributed by atoms with Crippen LogP contribution in [0.25, 0.3) is 0 Å². The molecule has 0 aliphatic rings. The van der Waals surface area contributed by atoms with E-state index < -0.39 is 0 Å². The molecule has 0 spiro atoms. The maximum atomic E-state index is 12.3. The number of nitrogens with one attached hydrogen (secondary N) is 2. The molecule has 0 fully saturated rings. The molecule has 0 saturated carbocycles. The van der Waals surface area contributed by atoms with E-state index in [0.29, 0.717) is 5.56 Å². The number of anilines is 3. The van der Waals surface area contributed by atoms with Crippen molar-refractivity contribution in [2.24, 2.45) is 0 Å². The first-order valence-electron chi connectivity index (χ1n) is 6.88. The molecule has 0 heterocycles. The van der Waals surface area contributed by atoms with E-state index in [1.807, 2.05) is 75.4 Å². The Bertz CT molecular complexity index is 633. The molecule has 2 N–H and O–H groups in total. The summed E-state index contributed by atoms with van der Waals surface area (Å²) in [6.07, 6.45) is 0. The summed E-state index contributed by atoms with van der Waals surface area (Å²) in [6, 6.07) is 13.5. The zero-order valence-corrected chi connectivity index (χ0v) is 12.9. The number of benzene rings is 2. The van der Waals surface area contributed by atoms with Crippen molar-refractivity contribution in [1.82, 2.24) is 0 Å². The van der Waals surface area contributed by atoms with Gasteiger partial charge in [0.25, 0.3) is 5.91 Å². The number of carbonyl (C=O) groups is 1. The van der Waals surface area contributed by atoms with Crippen LogP contribution >= 0.6 is 0 Å². The van der Waals surface area contributed by atoms with Crippen LogP contribution in [-0.4, -0.2) is 27.1 Å². The van der Waals surface area contributed by atoms with Gasteiger partial charge in [0, 0.05) is 43.8 Å². The van der Waals surface area contributed by atoms with E-state index in [-0.39, 0.29) is 5.91 Å². The fraction of sp³-hybridized carbons (Fsp3) is 0.235. The standard InChI is InChI=1S/C17H21N3O/c1-12-11-14(18-2)7-10-16(12)17(21)19-13-5-8-15(9-6-13)20(3)4/h5-11,18H,1-4H3,(H,19,21). The Morgan fingerprint density at radius 2 is 1.62 bits per heavy atom. The van der Waals surface area contributed by atoms with E-state index in [2.05, 4.69) is 10.6 Å². The quantitative estimate of drug-likeness (QED) is 0.904. The molecule has 21 heavy (non-hydrogen) atoms. The molecule has 0 bridgehead atoms. The minimum atomic E-state index is -0.0900. The molecule has 110 valence electrons. The zero-order valence-electron chi connectivity index (χ0n) is 12.9. The van der Waals surface area contributed by atoms with Gasteiger partial charge in [0.15, 0.2) is 0 Å². The predicted molar refractivity (Wildman–Crippen MR) is 89.4 cm³/mol. The number of nitrogens with zero attached hydrogens (tertiary/aromatic N) is 1. The minimum absolute atomic E-state index is 0.0900. The lowest BCUT2D eigenvalue weighted by Gasteiger charge is -2.13. The molecule has 0 aromatic heterocycles. The lowest BCUT2D eigenvalue weighted by Crippen LogP contribution is -2.14. The summed E-state index contributed by atoms with van der Waals surface area (Å²) in [4.78, 5) is 14.3. The van der Waals surface area contributed by atoms with Crippen LogP contribution in [0, 0.1) is 6.92 Å². The highest BCUT2D eigenvalue weighted by Gasteiger charge is 2.09. The van der Waals surface area contributed by atoms with Crippen LogP contribution in [0.5, 0.6) is 0 Å². The largest absolute Gasteiger partial charge is 0.388 e. The van der Waals surface area contributed by atoms with Crippen LogP contribution in [-0.2, 0) is 0 Å². The Morgan fingerprint density at radius 3 is 2.14 bits per heavy atom. The van der Waals surface area contributed by atoms with Crippen LogP contribution in [0.15, 0.2) is 42.5 Å². The van der Waals surface area contributed by atoms with Crippen molar-refractivity contribution >= 4 is 23.0 Å². The number of aryl methyl sites for hydroxylation is 1. The number of hydrogen-bond donors (Lipinski definition) is 2. The summed E-state index contributed by atoms with van der Waals surface area (Å²) in [5.74, 6) is -0.0900. The van der Waals surface area contributed by atoms with Crippen LogP contribution in [0.3, 0.4) is 0 Å². The average Bonchev–Trinajstić information content (AvgIpc) is 2.47. The Labute approximate surface area is 125 Å². The van der Waals surface area contributed by atoms with Gasteiger partial charge in [-0.2, -0.15) is 0 Å².